The van der Waals surface area contributed by atoms with Crippen molar-refractivity contribution in [1.82, 2.24) is 0 Å². The third kappa shape index (κ3) is 3.25. The summed E-state index contributed by atoms with van der Waals surface area (Å²) in [6, 6.07) is 5.06. The van der Waals surface area contributed by atoms with Crippen LogP contribution in [0.25, 0.3) is 0 Å². The fourth-order valence-electron chi connectivity index (χ4n) is 1.48. The van der Waals surface area contributed by atoms with E-state index in [9.17, 15) is 4.39 Å². The van der Waals surface area contributed by atoms with Crippen molar-refractivity contribution in [3.63, 3.8) is 0 Å². The van der Waals surface area contributed by atoms with Crippen LogP contribution in [0.15, 0.2) is 18.2 Å². The van der Waals surface area contributed by atoms with Crippen LogP contribution < -0.4 is 15.2 Å². The van der Waals surface area contributed by atoms with E-state index in [4.69, 9.17) is 15.2 Å². The van der Waals surface area contributed by atoms with Crippen LogP contribution in [-0.2, 0) is 0 Å². The zero-order valence-electron chi connectivity index (χ0n) is 9.40. The summed E-state index contributed by atoms with van der Waals surface area (Å²) in [6.45, 7) is -0.443. The lowest BCUT2D eigenvalue weighted by molar-refractivity contribution is 0.346. The minimum Gasteiger partial charge on any atom is -0.493 e. The van der Waals surface area contributed by atoms with Crippen molar-refractivity contribution >= 4 is 12.4 Å². The maximum atomic E-state index is 12.2. The van der Waals surface area contributed by atoms with E-state index in [1.54, 1.807) is 20.3 Å². The first-order chi connectivity index (χ1) is 7.24. The second-order valence-corrected chi connectivity index (χ2v) is 3.17. The van der Waals surface area contributed by atoms with E-state index in [-0.39, 0.29) is 24.9 Å². The van der Waals surface area contributed by atoms with Gasteiger partial charge >= 0.3 is 0 Å². The molecule has 2 N–H and O–H groups in total. The van der Waals surface area contributed by atoms with Crippen LogP contribution >= 0.6 is 12.4 Å². The Balaban J connectivity index is 0.00000225. The van der Waals surface area contributed by atoms with E-state index in [0.29, 0.717) is 11.5 Å². The zero-order valence-corrected chi connectivity index (χ0v) is 10.2. The van der Waals surface area contributed by atoms with Crippen molar-refractivity contribution in [2.45, 2.75) is 12.5 Å². The van der Waals surface area contributed by atoms with Crippen LogP contribution in [0.2, 0.25) is 0 Å². The van der Waals surface area contributed by atoms with Gasteiger partial charge in [0, 0.05) is 11.6 Å². The second-order valence-electron chi connectivity index (χ2n) is 3.17. The van der Waals surface area contributed by atoms with Crippen molar-refractivity contribution < 1.29 is 13.9 Å². The SMILES string of the molecule is COc1cccc([C@@H](N)CCF)c1OC.Cl. The van der Waals surface area contributed by atoms with E-state index in [1.165, 1.54) is 0 Å². The first-order valence-corrected chi connectivity index (χ1v) is 4.77. The Hall–Kier alpha value is -1.00. The minimum absolute atomic E-state index is 0. The number of alkyl halides is 1. The Labute approximate surface area is 101 Å². The maximum absolute atomic E-state index is 12.2. The van der Waals surface area contributed by atoms with E-state index in [0.717, 1.165) is 5.56 Å². The first-order valence-electron chi connectivity index (χ1n) is 4.77. The van der Waals surface area contributed by atoms with E-state index in [2.05, 4.69) is 0 Å². The summed E-state index contributed by atoms with van der Waals surface area (Å²) >= 11 is 0. The highest BCUT2D eigenvalue weighted by atomic mass is 35.5. The number of benzene rings is 1. The molecule has 0 spiro atoms. The molecule has 0 fully saturated rings. The molecule has 1 atom stereocenters. The van der Waals surface area contributed by atoms with Gasteiger partial charge in [-0.25, -0.2) is 0 Å². The third-order valence-electron chi connectivity index (χ3n) is 2.25. The van der Waals surface area contributed by atoms with Crippen molar-refractivity contribution in [3.05, 3.63) is 23.8 Å². The van der Waals surface area contributed by atoms with Crippen molar-refractivity contribution in [2.24, 2.45) is 5.73 Å². The summed E-state index contributed by atoms with van der Waals surface area (Å²) < 4.78 is 22.5. The average molecular weight is 250 g/mol. The van der Waals surface area contributed by atoms with E-state index in [1.807, 2.05) is 12.1 Å². The van der Waals surface area contributed by atoms with Crippen LogP contribution in [-0.4, -0.2) is 20.9 Å². The molecule has 0 aromatic heterocycles. The maximum Gasteiger partial charge on any atom is 0.165 e. The summed E-state index contributed by atoms with van der Waals surface area (Å²) in [5.74, 6) is 1.20. The molecule has 1 aromatic carbocycles. The molecular weight excluding hydrogens is 233 g/mol. The normalized spacial score (nSPS) is 11.5. The average Bonchev–Trinajstić information content (AvgIpc) is 2.28. The van der Waals surface area contributed by atoms with Gasteiger partial charge in [0.25, 0.3) is 0 Å². The summed E-state index contributed by atoms with van der Waals surface area (Å²) in [7, 11) is 3.10. The predicted molar refractivity (Wildman–Crippen MR) is 64.3 cm³/mol. The molecule has 1 aromatic rings. The number of ether oxygens (including phenoxy) is 2. The van der Waals surface area contributed by atoms with Gasteiger partial charge in [-0.15, -0.1) is 12.4 Å². The van der Waals surface area contributed by atoms with E-state index < -0.39 is 6.67 Å². The largest absolute Gasteiger partial charge is 0.493 e. The Kier molecular flexibility index (Phi) is 6.85. The van der Waals surface area contributed by atoms with Crippen molar-refractivity contribution in [3.8, 4) is 11.5 Å². The second kappa shape index (κ2) is 7.30. The highest BCUT2D eigenvalue weighted by Crippen LogP contribution is 2.34. The summed E-state index contributed by atoms with van der Waals surface area (Å²) in [5, 5.41) is 0. The van der Waals surface area contributed by atoms with Gasteiger partial charge in [0.2, 0.25) is 0 Å². The molecule has 3 nitrogen and oxygen atoms in total. The van der Waals surface area contributed by atoms with Crippen LogP contribution in [0, 0.1) is 0 Å². The fourth-order valence-corrected chi connectivity index (χ4v) is 1.48. The number of halogens is 2. The smallest absolute Gasteiger partial charge is 0.165 e. The van der Waals surface area contributed by atoms with Crippen molar-refractivity contribution in [2.75, 3.05) is 20.9 Å². The Bertz CT molecular complexity index is 323. The number of nitrogens with two attached hydrogens (primary N) is 1. The lowest BCUT2D eigenvalue weighted by Crippen LogP contribution is -2.12. The molecule has 0 radical (unpaired) electrons. The quantitative estimate of drug-likeness (QED) is 0.872. The first kappa shape index (κ1) is 15.0. The molecule has 0 unspecified atom stereocenters. The molecule has 0 saturated heterocycles. The van der Waals surface area contributed by atoms with Gasteiger partial charge < -0.3 is 15.2 Å². The Morgan fingerprint density at radius 1 is 1.31 bits per heavy atom. The summed E-state index contributed by atoms with van der Waals surface area (Å²) in [4.78, 5) is 0. The number of hydrogen-bond acceptors (Lipinski definition) is 3. The molecule has 92 valence electrons. The fraction of sp³-hybridized carbons (Fsp3) is 0.455. The molecule has 0 aliphatic heterocycles. The molecule has 0 aliphatic carbocycles. The van der Waals surface area contributed by atoms with E-state index >= 15 is 0 Å². The molecule has 16 heavy (non-hydrogen) atoms. The minimum atomic E-state index is -0.443. The number of para-hydroxylation sites is 1. The Morgan fingerprint density at radius 2 is 2.00 bits per heavy atom. The lowest BCUT2D eigenvalue weighted by atomic mass is 10.0. The van der Waals surface area contributed by atoms with Crippen LogP contribution in [0.3, 0.4) is 0 Å². The van der Waals surface area contributed by atoms with Gasteiger partial charge in [-0.1, -0.05) is 12.1 Å². The number of hydrogen-bond donors (Lipinski definition) is 1. The summed E-state index contributed by atoms with van der Waals surface area (Å²) in [5.41, 5.74) is 6.60. The molecule has 0 heterocycles. The monoisotopic (exact) mass is 249 g/mol. The predicted octanol–water partition coefficient (Wildman–Crippen LogP) is 2.49. The van der Waals surface area contributed by atoms with Gasteiger partial charge in [-0.05, 0) is 12.5 Å². The molecule has 0 bridgehead atoms. The number of rotatable bonds is 5. The van der Waals surface area contributed by atoms with Crippen LogP contribution in [0.5, 0.6) is 11.5 Å². The van der Waals surface area contributed by atoms with Gasteiger partial charge in [0.15, 0.2) is 11.5 Å². The lowest BCUT2D eigenvalue weighted by Gasteiger charge is -2.16. The van der Waals surface area contributed by atoms with Gasteiger partial charge in [0.1, 0.15) is 0 Å². The molecular formula is C11H17ClFNO2. The molecule has 1 rings (SSSR count). The van der Waals surface area contributed by atoms with Crippen LogP contribution in [0.1, 0.15) is 18.0 Å². The standard InChI is InChI=1S/C11H16FNO2.ClH/c1-14-10-5-3-4-8(11(10)15-2)9(13)6-7-12;/h3-5,9H,6-7,13H2,1-2H3;1H/t9-;/m0./s1. The molecule has 0 amide bonds. The molecule has 0 saturated carbocycles. The highest BCUT2D eigenvalue weighted by Gasteiger charge is 2.15. The van der Waals surface area contributed by atoms with Crippen LogP contribution in [0.4, 0.5) is 4.39 Å². The zero-order chi connectivity index (χ0) is 11.3. The number of methoxy groups -OCH3 is 2. The molecule has 5 heteroatoms. The van der Waals surface area contributed by atoms with Gasteiger partial charge in [-0.3, -0.25) is 4.39 Å². The topological polar surface area (TPSA) is 44.5 Å². The molecule has 0 aliphatic rings. The third-order valence-corrected chi connectivity index (χ3v) is 2.25. The summed E-state index contributed by atoms with van der Waals surface area (Å²) in [6.07, 6.45) is 0.281. The van der Waals surface area contributed by atoms with Crippen molar-refractivity contribution in [1.29, 1.82) is 0 Å². The van der Waals surface area contributed by atoms with Gasteiger partial charge in [-0.2, -0.15) is 0 Å². The highest BCUT2D eigenvalue weighted by molar-refractivity contribution is 5.85. The van der Waals surface area contributed by atoms with Gasteiger partial charge in [0.05, 0.1) is 20.9 Å². The Morgan fingerprint density at radius 3 is 2.50 bits per heavy atom.